The Balaban J connectivity index is 2.81. The van der Waals surface area contributed by atoms with Crippen LogP contribution in [-0.4, -0.2) is 18.0 Å². The fourth-order valence-electron chi connectivity index (χ4n) is 1.68. The summed E-state index contributed by atoms with van der Waals surface area (Å²) >= 11 is 3.35. The molecule has 0 aliphatic carbocycles. The Morgan fingerprint density at radius 2 is 1.82 bits per heavy atom. The summed E-state index contributed by atoms with van der Waals surface area (Å²) in [7, 11) is 0. The second-order valence-corrected chi connectivity index (χ2v) is 5.07. The number of amides is 1. The fraction of sp³-hybridized carbons (Fsp3) is 0.462. The second-order valence-electron chi connectivity index (χ2n) is 4.15. The first-order valence-corrected chi connectivity index (χ1v) is 6.64. The van der Waals surface area contributed by atoms with E-state index in [9.17, 15) is 4.79 Å². The molecule has 3 nitrogen and oxygen atoms in total. The molecule has 0 saturated heterocycles. The van der Waals surface area contributed by atoms with Crippen molar-refractivity contribution < 1.29 is 4.79 Å². The molecule has 0 spiro atoms. The summed E-state index contributed by atoms with van der Waals surface area (Å²) in [6.07, 6.45) is 1.67. The van der Waals surface area contributed by atoms with E-state index in [0.29, 0.717) is 12.1 Å². The van der Waals surface area contributed by atoms with E-state index in [0.717, 1.165) is 17.3 Å². The largest absolute Gasteiger partial charge is 0.345 e. The van der Waals surface area contributed by atoms with Gasteiger partial charge in [0.1, 0.15) is 0 Å². The molecule has 3 N–H and O–H groups in total. The highest BCUT2D eigenvalue weighted by atomic mass is 79.9. The van der Waals surface area contributed by atoms with Gasteiger partial charge in [0.25, 0.3) is 5.91 Å². The maximum Gasteiger partial charge on any atom is 0.251 e. The van der Waals surface area contributed by atoms with Gasteiger partial charge in [0.15, 0.2) is 0 Å². The van der Waals surface area contributed by atoms with Crippen molar-refractivity contribution in [2.45, 2.75) is 32.2 Å². The van der Waals surface area contributed by atoms with Crippen LogP contribution in [0.5, 0.6) is 0 Å². The molecule has 0 fully saturated rings. The monoisotopic (exact) mass is 298 g/mol. The molecule has 0 atom stereocenters. The molecule has 0 aliphatic heterocycles. The van der Waals surface area contributed by atoms with Crippen LogP contribution in [-0.2, 0) is 0 Å². The average molecular weight is 299 g/mol. The average Bonchev–Trinajstić information content (AvgIpc) is 2.37. The normalized spacial score (nSPS) is 11.3. The van der Waals surface area contributed by atoms with Crippen molar-refractivity contribution in [3.63, 3.8) is 0 Å². The Labute approximate surface area is 111 Å². The van der Waals surface area contributed by atoms with Crippen LogP contribution >= 0.6 is 15.9 Å². The molecule has 1 amide bonds. The molecule has 17 heavy (non-hydrogen) atoms. The van der Waals surface area contributed by atoms with E-state index in [-0.39, 0.29) is 11.4 Å². The predicted molar refractivity (Wildman–Crippen MR) is 74.0 cm³/mol. The fourth-order valence-corrected chi connectivity index (χ4v) is 1.95. The van der Waals surface area contributed by atoms with Crippen LogP contribution < -0.4 is 11.1 Å². The van der Waals surface area contributed by atoms with E-state index in [2.05, 4.69) is 21.2 Å². The summed E-state index contributed by atoms with van der Waals surface area (Å²) < 4.78 is 0.963. The van der Waals surface area contributed by atoms with Crippen LogP contribution in [0, 0.1) is 0 Å². The molecular weight excluding hydrogens is 280 g/mol. The van der Waals surface area contributed by atoms with E-state index in [1.54, 1.807) is 12.1 Å². The third-order valence-corrected chi connectivity index (χ3v) is 3.76. The van der Waals surface area contributed by atoms with Gasteiger partial charge in [0.05, 0.1) is 5.54 Å². The van der Waals surface area contributed by atoms with Crippen molar-refractivity contribution in [1.29, 1.82) is 0 Å². The van der Waals surface area contributed by atoms with E-state index in [1.807, 2.05) is 26.0 Å². The zero-order valence-electron chi connectivity index (χ0n) is 10.3. The van der Waals surface area contributed by atoms with Gasteiger partial charge in [-0.25, -0.2) is 0 Å². The van der Waals surface area contributed by atoms with E-state index >= 15 is 0 Å². The van der Waals surface area contributed by atoms with Crippen molar-refractivity contribution in [1.82, 2.24) is 5.32 Å². The number of carbonyl (C=O) groups excluding carboxylic acids is 1. The second kappa shape index (κ2) is 6.17. The van der Waals surface area contributed by atoms with Crippen molar-refractivity contribution in [2.24, 2.45) is 5.73 Å². The lowest BCUT2D eigenvalue weighted by Crippen LogP contribution is -2.52. The van der Waals surface area contributed by atoms with Crippen LogP contribution in [0.25, 0.3) is 0 Å². The van der Waals surface area contributed by atoms with Crippen LogP contribution in [0.4, 0.5) is 0 Å². The van der Waals surface area contributed by atoms with Gasteiger partial charge in [-0.05, 0) is 37.1 Å². The zero-order chi connectivity index (χ0) is 12.9. The molecule has 1 aromatic carbocycles. The highest BCUT2D eigenvalue weighted by Crippen LogP contribution is 2.15. The van der Waals surface area contributed by atoms with Gasteiger partial charge in [-0.3, -0.25) is 4.79 Å². The van der Waals surface area contributed by atoms with E-state index in [4.69, 9.17) is 5.73 Å². The first kappa shape index (κ1) is 14.2. The lowest BCUT2D eigenvalue weighted by molar-refractivity contribution is 0.0895. The lowest BCUT2D eigenvalue weighted by Gasteiger charge is -2.31. The number of rotatable bonds is 5. The Hall–Kier alpha value is -0.870. The van der Waals surface area contributed by atoms with Crippen LogP contribution in [0.15, 0.2) is 28.7 Å². The molecule has 0 saturated carbocycles. The first-order chi connectivity index (χ1) is 8.06. The Morgan fingerprint density at radius 1 is 1.29 bits per heavy atom. The Bertz CT molecular complexity index is 363. The van der Waals surface area contributed by atoms with E-state index < -0.39 is 0 Å². The molecule has 0 radical (unpaired) electrons. The first-order valence-electron chi connectivity index (χ1n) is 5.85. The summed E-state index contributed by atoms with van der Waals surface area (Å²) in [6, 6.07) is 7.31. The maximum absolute atomic E-state index is 12.1. The molecule has 94 valence electrons. The highest BCUT2D eigenvalue weighted by molar-refractivity contribution is 9.10. The summed E-state index contributed by atoms with van der Waals surface area (Å²) in [5.41, 5.74) is 6.13. The van der Waals surface area contributed by atoms with Gasteiger partial charge in [-0.2, -0.15) is 0 Å². The Kier molecular flexibility index (Phi) is 5.15. The zero-order valence-corrected chi connectivity index (χ0v) is 11.9. The molecule has 1 rings (SSSR count). The number of carbonyl (C=O) groups is 1. The third kappa shape index (κ3) is 3.54. The lowest BCUT2D eigenvalue weighted by atomic mass is 9.92. The van der Waals surface area contributed by atoms with Crippen LogP contribution in [0.1, 0.15) is 37.0 Å². The highest BCUT2D eigenvalue weighted by Gasteiger charge is 2.26. The minimum absolute atomic E-state index is 0.0633. The van der Waals surface area contributed by atoms with Crippen LogP contribution in [0.2, 0.25) is 0 Å². The molecule has 0 heterocycles. The van der Waals surface area contributed by atoms with E-state index in [1.165, 1.54) is 0 Å². The minimum atomic E-state index is -0.288. The van der Waals surface area contributed by atoms with Crippen LogP contribution in [0.3, 0.4) is 0 Å². The summed E-state index contributed by atoms with van der Waals surface area (Å²) in [5.74, 6) is -0.0633. The summed E-state index contributed by atoms with van der Waals surface area (Å²) in [6.45, 7) is 4.54. The van der Waals surface area contributed by atoms with Gasteiger partial charge in [-0.1, -0.05) is 29.8 Å². The molecule has 0 unspecified atom stereocenters. The van der Waals surface area contributed by atoms with Gasteiger partial charge in [0, 0.05) is 16.6 Å². The number of hydrogen-bond donors (Lipinski definition) is 2. The van der Waals surface area contributed by atoms with Crippen molar-refractivity contribution >= 4 is 21.8 Å². The molecule has 1 aromatic rings. The van der Waals surface area contributed by atoms with Crippen molar-refractivity contribution in [2.75, 3.05) is 6.54 Å². The molecule has 0 aliphatic rings. The minimum Gasteiger partial charge on any atom is -0.345 e. The molecular formula is C13H19BrN2O. The van der Waals surface area contributed by atoms with Gasteiger partial charge in [0.2, 0.25) is 0 Å². The number of nitrogens with two attached hydrogens (primary N) is 1. The predicted octanol–water partition coefficient (Wildman–Crippen LogP) is 2.70. The van der Waals surface area contributed by atoms with Gasteiger partial charge >= 0.3 is 0 Å². The number of benzene rings is 1. The number of nitrogens with one attached hydrogen (secondary N) is 1. The van der Waals surface area contributed by atoms with Crippen molar-refractivity contribution in [3.8, 4) is 0 Å². The molecule has 0 bridgehead atoms. The Morgan fingerprint density at radius 3 is 2.24 bits per heavy atom. The quantitative estimate of drug-likeness (QED) is 0.878. The van der Waals surface area contributed by atoms with Gasteiger partial charge < -0.3 is 11.1 Å². The molecule has 0 aromatic heterocycles. The standard InChI is InChI=1S/C13H19BrN2O/c1-3-13(4-2,9-15)16-12(17)10-5-7-11(14)8-6-10/h5-8H,3-4,9,15H2,1-2H3,(H,16,17). The van der Waals surface area contributed by atoms with Gasteiger partial charge in [-0.15, -0.1) is 0 Å². The summed E-state index contributed by atoms with van der Waals surface area (Å²) in [4.78, 5) is 12.1. The smallest absolute Gasteiger partial charge is 0.251 e. The maximum atomic E-state index is 12.1. The SMILES string of the molecule is CCC(CC)(CN)NC(=O)c1ccc(Br)cc1. The molecule has 4 heteroatoms. The summed E-state index contributed by atoms with van der Waals surface area (Å²) in [5, 5.41) is 3.04. The van der Waals surface area contributed by atoms with Crippen molar-refractivity contribution in [3.05, 3.63) is 34.3 Å². The number of hydrogen-bond acceptors (Lipinski definition) is 2. The third-order valence-electron chi connectivity index (χ3n) is 3.23. The topological polar surface area (TPSA) is 55.1 Å². The number of halogens is 1.